The highest BCUT2D eigenvalue weighted by Crippen LogP contribution is 2.43. The molecule has 9 nitrogen and oxygen atoms in total. The Balaban J connectivity index is 0.968. The van der Waals surface area contributed by atoms with Gasteiger partial charge in [0.1, 0.15) is 11.4 Å². The smallest absolute Gasteiger partial charge is 0.274 e. The summed E-state index contributed by atoms with van der Waals surface area (Å²) in [6.45, 7) is 7.91. The Labute approximate surface area is 306 Å². The summed E-state index contributed by atoms with van der Waals surface area (Å²) in [6, 6.07) is 16.2. The number of pyridine rings is 2. The van der Waals surface area contributed by atoms with Crippen LogP contribution in [0.1, 0.15) is 124 Å². The monoisotopic (exact) mass is 698 g/mol. The van der Waals surface area contributed by atoms with Crippen molar-refractivity contribution in [1.82, 2.24) is 20.2 Å². The van der Waals surface area contributed by atoms with Crippen LogP contribution in [0.4, 0.5) is 11.4 Å². The number of aromatic nitrogens is 2. The molecule has 1 saturated heterocycles. The van der Waals surface area contributed by atoms with Crippen LogP contribution in [0.25, 0.3) is 11.1 Å². The number of piperidine rings is 1. The average Bonchev–Trinajstić information content (AvgIpc) is 4.07. The van der Waals surface area contributed by atoms with Gasteiger partial charge in [-0.2, -0.15) is 0 Å². The molecule has 52 heavy (non-hydrogen) atoms. The molecule has 4 N–H and O–H groups in total. The number of aliphatic hydroxyl groups excluding tert-OH is 1. The molecule has 2 amide bonds. The second-order valence-electron chi connectivity index (χ2n) is 15.5. The summed E-state index contributed by atoms with van der Waals surface area (Å²) < 4.78 is 0. The van der Waals surface area contributed by atoms with E-state index >= 15 is 0 Å². The van der Waals surface area contributed by atoms with Crippen molar-refractivity contribution in [3.8, 4) is 11.1 Å². The molecule has 0 atom stereocenters. The molecular formula is C43H50N6O3. The number of benzene rings is 2. The number of aliphatic hydroxyl groups is 1. The standard InChI is InChI=1S/C43H50N6O3/c1-26-34(8-6-10-38(26)47-42(51)40-20-36(28-12-13-28)30(23-45-40)22-44-32-18-33(50)19-32)35-9-7-11-39(27(35)2)48-43(52)41-21-37(29-14-15-29)31(24-46-41)25-49-16-4-3-5-17-49/h6-11,20-21,23-24,28-29,32-33,44,50H,3-5,12-19,22,25H2,1-2H3,(H,47,51)(H,48,52)/t32-,33+. The van der Waals surface area contributed by atoms with Crippen LogP contribution in [0.5, 0.6) is 0 Å². The topological polar surface area (TPSA) is 119 Å². The fourth-order valence-electron chi connectivity index (χ4n) is 7.94. The van der Waals surface area contributed by atoms with E-state index in [1.165, 1.54) is 48.8 Å². The summed E-state index contributed by atoms with van der Waals surface area (Å²) in [5, 5.41) is 19.4. The number of carbonyl (C=O) groups excluding carboxylic acids is 2. The van der Waals surface area contributed by atoms with Crippen molar-refractivity contribution in [2.45, 2.75) is 109 Å². The molecule has 3 saturated carbocycles. The molecule has 1 aliphatic heterocycles. The predicted octanol–water partition coefficient (Wildman–Crippen LogP) is 7.62. The van der Waals surface area contributed by atoms with Crippen LogP contribution in [0, 0.1) is 13.8 Å². The van der Waals surface area contributed by atoms with E-state index in [0.717, 1.165) is 84.5 Å². The number of rotatable bonds is 12. The molecule has 4 fully saturated rings. The maximum atomic E-state index is 13.6. The van der Waals surface area contributed by atoms with Crippen molar-refractivity contribution < 1.29 is 14.7 Å². The predicted molar refractivity (Wildman–Crippen MR) is 205 cm³/mol. The lowest BCUT2D eigenvalue weighted by Gasteiger charge is -2.32. The minimum absolute atomic E-state index is 0.194. The summed E-state index contributed by atoms with van der Waals surface area (Å²) in [6.07, 6.45) is 13.6. The molecule has 4 aliphatic rings. The summed E-state index contributed by atoms with van der Waals surface area (Å²) in [4.78, 5) is 38.9. The van der Waals surface area contributed by atoms with Crippen LogP contribution >= 0.6 is 0 Å². The average molecular weight is 699 g/mol. The van der Waals surface area contributed by atoms with Gasteiger partial charge < -0.3 is 21.1 Å². The van der Waals surface area contributed by atoms with Crippen molar-refractivity contribution in [2.24, 2.45) is 0 Å². The molecule has 270 valence electrons. The van der Waals surface area contributed by atoms with Gasteiger partial charge in [-0.05, 0) is 159 Å². The first-order valence-corrected chi connectivity index (χ1v) is 19.2. The highest BCUT2D eigenvalue weighted by atomic mass is 16.3. The molecule has 9 heteroatoms. The van der Waals surface area contributed by atoms with Crippen LogP contribution < -0.4 is 16.0 Å². The van der Waals surface area contributed by atoms with Crippen molar-refractivity contribution in [3.63, 3.8) is 0 Å². The fraction of sp³-hybridized carbons (Fsp3) is 0.442. The highest BCUT2D eigenvalue weighted by Gasteiger charge is 2.31. The second-order valence-corrected chi connectivity index (χ2v) is 15.5. The lowest BCUT2D eigenvalue weighted by molar-refractivity contribution is 0.0619. The molecule has 3 aliphatic carbocycles. The summed E-state index contributed by atoms with van der Waals surface area (Å²) in [5.74, 6) is 0.563. The molecule has 8 rings (SSSR count). The number of nitrogens with one attached hydrogen (secondary N) is 3. The van der Waals surface area contributed by atoms with Gasteiger partial charge in [-0.15, -0.1) is 0 Å². The van der Waals surface area contributed by atoms with Gasteiger partial charge >= 0.3 is 0 Å². The highest BCUT2D eigenvalue weighted by molar-refractivity contribution is 6.05. The first-order valence-electron chi connectivity index (χ1n) is 19.2. The van der Waals surface area contributed by atoms with Crippen molar-refractivity contribution >= 4 is 23.2 Å². The maximum absolute atomic E-state index is 13.6. The lowest BCUT2D eigenvalue weighted by Crippen LogP contribution is -2.43. The van der Waals surface area contributed by atoms with Gasteiger partial charge in [-0.25, -0.2) is 0 Å². The molecule has 0 radical (unpaired) electrons. The molecule has 4 aromatic rings. The van der Waals surface area contributed by atoms with Crippen LogP contribution in [0.2, 0.25) is 0 Å². The summed E-state index contributed by atoms with van der Waals surface area (Å²) in [7, 11) is 0. The zero-order valence-electron chi connectivity index (χ0n) is 30.4. The van der Waals surface area contributed by atoms with Crippen molar-refractivity contribution in [2.75, 3.05) is 23.7 Å². The molecule has 2 aromatic carbocycles. The third-order valence-electron chi connectivity index (χ3n) is 11.5. The van der Waals surface area contributed by atoms with E-state index in [4.69, 9.17) is 0 Å². The van der Waals surface area contributed by atoms with Gasteiger partial charge in [0.2, 0.25) is 0 Å². The molecule has 0 bridgehead atoms. The Kier molecular flexibility index (Phi) is 9.92. The zero-order valence-corrected chi connectivity index (χ0v) is 30.4. The Hall–Kier alpha value is -4.44. The Morgan fingerprint density at radius 1 is 0.750 bits per heavy atom. The number of hydrogen-bond donors (Lipinski definition) is 4. The van der Waals surface area contributed by atoms with E-state index in [1.807, 2.05) is 62.6 Å². The van der Waals surface area contributed by atoms with Crippen LogP contribution in [0.15, 0.2) is 60.9 Å². The minimum Gasteiger partial charge on any atom is -0.393 e. The van der Waals surface area contributed by atoms with Crippen LogP contribution in [-0.4, -0.2) is 57.0 Å². The fourth-order valence-corrected chi connectivity index (χ4v) is 7.94. The third kappa shape index (κ3) is 7.68. The summed E-state index contributed by atoms with van der Waals surface area (Å²) in [5.41, 5.74) is 11.0. The van der Waals surface area contributed by atoms with Gasteiger partial charge in [0.15, 0.2) is 0 Å². The number of nitrogens with zero attached hydrogens (tertiary/aromatic N) is 3. The van der Waals surface area contributed by atoms with Crippen molar-refractivity contribution in [3.05, 3.63) is 106 Å². The van der Waals surface area contributed by atoms with E-state index in [1.54, 1.807) is 0 Å². The van der Waals surface area contributed by atoms with Crippen LogP contribution in [0.3, 0.4) is 0 Å². The van der Waals surface area contributed by atoms with E-state index in [0.29, 0.717) is 35.8 Å². The quantitative estimate of drug-likeness (QED) is 0.120. The maximum Gasteiger partial charge on any atom is 0.274 e. The minimum atomic E-state index is -0.235. The number of carbonyl (C=O) groups is 2. The van der Waals surface area contributed by atoms with Crippen LogP contribution in [-0.2, 0) is 13.1 Å². The normalized spacial score (nSPS) is 20.3. The number of likely N-dealkylation sites (tertiary alicyclic amines) is 1. The van der Waals surface area contributed by atoms with E-state index < -0.39 is 0 Å². The number of hydrogen-bond acceptors (Lipinski definition) is 7. The molecule has 3 heterocycles. The number of anilines is 2. The largest absolute Gasteiger partial charge is 0.393 e. The first-order chi connectivity index (χ1) is 25.3. The van der Waals surface area contributed by atoms with Gasteiger partial charge in [0.25, 0.3) is 11.8 Å². The van der Waals surface area contributed by atoms with E-state index in [-0.39, 0.29) is 17.9 Å². The second kappa shape index (κ2) is 14.9. The van der Waals surface area contributed by atoms with Gasteiger partial charge in [-0.1, -0.05) is 30.7 Å². The lowest BCUT2D eigenvalue weighted by atomic mass is 9.89. The Bertz CT molecular complexity index is 1970. The Morgan fingerprint density at radius 2 is 1.27 bits per heavy atom. The molecule has 2 aromatic heterocycles. The number of amides is 2. The SMILES string of the molecule is Cc1c(NC(=O)c2cc(C3CC3)c(CN[C@H]3C[C@@H](O)C3)cn2)cccc1-c1cccc(NC(=O)c2cc(C3CC3)c(CN3CCCCC3)cn2)c1C. The summed E-state index contributed by atoms with van der Waals surface area (Å²) >= 11 is 0. The molecular weight excluding hydrogens is 649 g/mol. The van der Waals surface area contributed by atoms with Gasteiger partial charge in [0, 0.05) is 42.9 Å². The first kappa shape index (κ1) is 34.6. The van der Waals surface area contributed by atoms with Crippen molar-refractivity contribution in [1.29, 1.82) is 0 Å². The molecule has 0 spiro atoms. The van der Waals surface area contributed by atoms with E-state index in [9.17, 15) is 14.7 Å². The third-order valence-corrected chi connectivity index (χ3v) is 11.5. The Morgan fingerprint density at radius 3 is 1.79 bits per heavy atom. The van der Waals surface area contributed by atoms with E-state index in [2.05, 4.69) is 43.0 Å². The zero-order chi connectivity index (χ0) is 35.8. The van der Waals surface area contributed by atoms with Gasteiger partial charge in [-0.3, -0.25) is 24.5 Å². The van der Waals surface area contributed by atoms with Gasteiger partial charge in [0.05, 0.1) is 6.10 Å². The molecule has 0 unspecified atom stereocenters.